The first kappa shape index (κ1) is 17.3. The molecule has 0 spiro atoms. The first-order valence-corrected chi connectivity index (χ1v) is 8.54. The number of halogens is 1. The predicted octanol–water partition coefficient (Wildman–Crippen LogP) is 2.43. The van der Waals surface area contributed by atoms with Gasteiger partial charge in [0.25, 0.3) is 0 Å². The van der Waals surface area contributed by atoms with Crippen LogP contribution in [0.2, 0.25) is 5.02 Å². The molecular weight excluding hydrogens is 298 g/mol. The second kappa shape index (κ2) is 6.78. The van der Waals surface area contributed by atoms with Crippen LogP contribution in [0.15, 0.2) is 18.2 Å². The molecule has 0 amide bonds. The van der Waals surface area contributed by atoms with Gasteiger partial charge in [0, 0.05) is 0 Å². The predicted molar refractivity (Wildman–Crippen MR) is 83.2 cm³/mol. The molecule has 0 aliphatic carbocycles. The van der Waals surface area contributed by atoms with E-state index in [0.29, 0.717) is 23.7 Å². The second-order valence-corrected chi connectivity index (χ2v) is 8.82. The highest BCUT2D eigenvalue weighted by Crippen LogP contribution is 2.29. The summed E-state index contributed by atoms with van der Waals surface area (Å²) in [6, 6.07) is 5.42. The van der Waals surface area contributed by atoms with Crippen LogP contribution in [-0.4, -0.2) is 32.1 Å². The summed E-state index contributed by atoms with van der Waals surface area (Å²) < 4.78 is 28.8. The highest BCUT2D eigenvalue weighted by Gasteiger charge is 2.28. The van der Waals surface area contributed by atoms with Crippen LogP contribution in [0.3, 0.4) is 0 Å². The minimum Gasteiger partial charge on any atom is -0.491 e. The van der Waals surface area contributed by atoms with Crippen LogP contribution in [0.1, 0.15) is 26.3 Å². The van der Waals surface area contributed by atoms with Crippen molar-refractivity contribution in [3.63, 3.8) is 0 Å². The van der Waals surface area contributed by atoms with Crippen molar-refractivity contribution in [2.75, 3.05) is 18.9 Å². The van der Waals surface area contributed by atoms with Crippen molar-refractivity contribution in [3.8, 4) is 5.75 Å². The lowest BCUT2D eigenvalue weighted by Gasteiger charge is -2.20. The largest absolute Gasteiger partial charge is 0.491 e. The molecular formula is C14H22ClNO3S. The summed E-state index contributed by atoms with van der Waals surface area (Å²) in [6.45, 7) is 5.60. The average molecular weight is 320 g/mol. The zero-order valence-electron chi connectivity index (χ0n) is 12.1. The van der Waals surface area contributed by atoms with Gasteiger partial charge in [-0.25, -0.2) is 8.42 Å². The number of rotatable bonds is 6. The first-order valence-electron chi connectivity index (χ1n) is 6.51. The quantitative estimate of drug-likeness (QED) is 0.874. The summed E-state index contributed by atoms with van der Waals surface area (Å²) in [5.41, 5.74) is 6.44. The highest BCUT2D eigenvalue weighted by atomic mass is 35.5. The van der Waals surface area contributed by atoms with Crippen molar-refractivity contribution in [2.24, 2.45) is 5.73 Å². The summed E-state index contributed by atoms with van der Waals surface area (Å²) in [4.78, 5) is 0. The molecule has 114 valence electrons. The highest BCUT2D eigenvalue weighted by molar-refractivity contribution is 7.92. The molecule has 1 rings (SSSR count). The number of hydrogen-bond acceptors (Lipinski definition) is 4. The van der Waals surface area contributed by atoms with E-state index in [4.69, 9.17) is 22.1 Å². The summed E-state index contributed by atoms with van der Waals surface area (Å²) in [7, 11) is -3.20. The standard InChI is InChI=1S/C14H22ClNO3S/c1-14(2,3)20(17,18)10-9-19-13-11(7-8-16)5-4-6-12(13)15/h4-6H,7-10,16H2,1-3H3. The molecule has 6 heteroatoms. The molecule has 2 N–H and O–H groups in total. The molecule has 0 radical (unpaired) electrons. The van der Waals surface area contributed by atoms with Gasteiger partial charge in [-0.15, -0.1) is 0 Å². The third kappa shape index (κ3) is 4.36. The van der Waals surface area contributed by atoms with Crippen molar-refractivity contribution >= 4 is 21.4 Å². The van der Waals surface area contributed by atoms with Gasteiger partial charge >= 0.3 is 0 Å². The fraction of sp³-hybridized carbons (Fsp3) is 0.571. The van der Waals surface area contributed by atoms with Gasteiger partial charge in [-0.2, -0.15) is 0 Å². The van der Waals surface area contributed by atoms with E-state index >= 15 is 0 Å². The molecule has 0 heterocycles. The number of benzene rings is 1. The van der Waals surface area contributed by atoms with E-state index in [1.807, 2.05) is 12.1 Å². The van der Waals surface area contributed by atoms with Crippen molar-refractivity contribution in [2.45, 2.75) is 31.9 Å². The van der Waals surface area contributed by atoms with Gasteiger partial charge in [0.1, 0.15) is 12.4 Å². The van der Waals surface area contributed by atoms with Gasteiger partial charge in [0.05, 0.1) is 15.5 Å². The second-order valence-electron chi connectivity index (χ2n) is 5.55. The summed E-state index contributed by atoms with van der Waals surface area (Å²) >= 11 is 6.09. The van der Waals surface area contributed by atoms with Crippen molar-refractivity contribution in [3.05, 3.63) is 28.8 Å². The maximum atomic E-state index is 12.0. The lowest BCUT2D eigenvalue weighted by Crippen LogP contribution is -2.32. The minimum absolute atomic E-state index is 0.0379. The van der Waals surface area contributed by atoms with Crippen LogP contribution in [0.25, 0.3) is 0 Å². The van der Waals surface area contributed by atoms with Gasteiger partial charge in [0.2, 0.25) is 0 Å². The fourth-order valence-electron chi connectivity index (χ4n) is 1.63. The summed E-state index contributed by atoms with van der Waals surface area (Å²) in [6.07, 6.45) is 0.641. The monoisotopic (exact) mass is 319 g/mol. The zero-order chi connectivity index (χ0) is 15.4. The number of nitrogens with two attached hydrogens (primary N) is 1. The van der Waals surface area contributed by atoms with Gasteiger partial charge in [-0.3, -0.25) is 0 Å². The Morgan fingerprint density at radius 1 is 1.30 bits per heavy atom. The van der Waals surface area contributed by atoms with Crippen molar-refractivity contribution in [1.29, 1.82) is 0 Å². The summed E-state index contributed by atoms with van der Waals surface area (Å²) in [5, 5.41) is 0.476. The lowest BCUT2D eigenvalue weighted by molar-refractivity contribution is 0.336. The Hall–Kier alpha value is -0.780. The van der Waals surface area contributed by atoms with E-state index in [0.717, 1.165) is 5.56 Å². The molecule has 0 atom stereocenters. The smallest absolute Gasteiger partial charge is 0.158 e. The zero-order valence-corrected chi connectivity index (χ0v) is 13.7. The molecule has 0 bridgehead atoms. The van der Waals surface area contributed by atoms with Gasteiger partial charge in [-0.1, -0.05) is 23.7 Å². The third-order valence-electron chi connectivity index (χ3n) is 2.99. The molecule has 0 saturated heterocycles. The Balaban J connectivity index is 2.77. The molecule has 0 aliphatic heterocycles. The van der Waals surface area contributed by atoms with Crippen LogP contribution in [0.4, 0.5) is 0 Å². The maximum Gasteiger partial charge on any atom is 0.158 e. The molecule has 0 aromatic heterocycles. The van der Waals surface area contributed by atoms with Crippen molar-refractivity contribution < 1.29 is 13.2 Å². The molecule has 20 heavy (non-hydrogen) atoms. The average Bonchev–Trinajstić information content (AvgIpc) is 2.31. The van der Waals surface area contributed by atoms with Gasteiger partial charge in [0.15, 0.2) is 9.84 Å². The molecule has 0 fully saturated rings. The van der Waals surface area contributed by atoms with Crippen LogP contribution in [0, 0.1) is 0 Å². The molecule has 0 aliphatic rings. The Morgan fingerprint density at radius 2 is 1.95 bits per heavy atom. The maximum absolute atomic E-state index is 12.0. The Morgan fingerprint density at radius 3 is 2.50 bits per heavy atom. The van der Waals surface area contributed by atoms with Crippen LogP contribution in [-0.2, 0) is 16.3 Å². The van der Waals surface area contributed by atoms with E-state index in [2.05, 4.69) is 0 Å². The fourth-order valence-corrected chi connectivity index (χ4v) is 2.79. The molecule has 4 nitrogen and oxygen atoms in total. The topological polar surface area (TPSA) is 69.4 Å². The van der Waals surface area contributed by atoms with Crippen molar-refractivity contribution in [1.82, 2.24) is 0 Å². The van der Waals surface area contributed by atoms with Crippen LogP contribution in [0.5, 0.6) is 5.75 Å². The van der Waals surface area contributed by atoms with E-state index in [9.17, 15) is 8.42 Å². The van der Waals surface area contributed by atoms with Gasteiger partial charge in [-0.05, 0) is 45.4 Å². The third-order valence-corrected chi connectivity index (χ3v) is 5.86. The molecule has 0 unspecified atom stereocenters. The summed E-state index contributed by atoms with van der Waals surface area (Å²) in [5.74, 6) is 0.493. The van der Waals surface area contributed by atoms with Gasteiger partial charge < -0.3 is 10.5 Å². The SMILES string of the molecule is CC(C)(C)S(=O)(=O)CCOc1c(Cl)cccc1CCN. The van der Waals surface area contributed by atoms with Crippen LogP contribution >= 0.6 is 11.6 Å². The molecule has 0 saturated carbocycles. The lowest BCUT2D eigenvalue weighted by atomic mass is 10.1. The number of sulfone groups is 1. The molecule has 1 aromatic rings. The number of para-hydroxylation sites is 1. The normalized spacial score (nSPS) is 12.4. The minimum atomic E-state index is -3.20. The van der Waals surface area contributed by atoms with E-state index < -0.39 is 14.6 Å². The first-order chi connectivity index (χ1) is 9.19. The Labute approximate surface area is 126 Å². The Kier molecular flexibility index (Phi) is 5.86. The molecule has 1 aromatic carbocycles. The van der Waals surface area contributed by atoms with Crippen LogP contribution < -0.4 is 10.5 Å². The van der Waals surface area contributed by atoms with E-state index in [1.54, 1.807) is 26.8 Å². The Bertz CT molecular complexity index is 550. The van der Waals surface area contributed by atoms with E-state index in [1.165, 1.54) is 0 Å². The number of hydrogen-bond donors (Lipinski definition) is 1. The van der Waals surface area contributed by atoms with E-state index in [-0.39, 0.29) is 12.4 Å². The number of ether oxygens (including phenoxy) is 1.